The Labute approximate surface area is 181 Å². The third-order valence-electron chi connectivity index (χ3n) is 4.89. The van der Waals surface area contributed by atoms with Crippen molar-refractivity contribution in [3.05, 3.63) is 59.8 Å². The van der Waals surface area contributed by atoms with Gasteiger partial charge in [0.25, 0.3) is 11.8 Å². The number of ether oxygens (including phenoxy) is 1. The van der Waals surface area contributed by atoms with Gasteiger partial charge in [0.1, 0.15) is 24.2 Å². The van der Waals surface area contributed by atoms with E-state index in [1.165, 1.54) is 36.5 Å². The minimum atomic E-state index is -1.10. The van der Waals surface area contributed by atoms with Gasteiger partial charge >= 0.3 is 0 Å². The summed E-state index contributed by atoms with van der Waals surface area (Å²) in [5.74, 6) is -2.53. The fourth-order valence-electron chi connectivity index (χ4n) is 3.22. The molecule has 0 spiro atoms. The van der Waals surface area contributed by atoms with Gasteiger partial charge in [-0.25, -0.2) is 23.7 Å². The highest BCUT2D eigenvalue weighted by molar-refractivity contribution is 6.01. The first-order chi connectivity index (χ1) is 15.4. The van der Waals surface area contributed by atoms with Gasteiger partial charge in [0.15, 0.2) is 17.4 Å². The van der Waals surface area contributed by atoms with Crippen LogP contribution in [-0.2, 0) is 11.2 Å². The minimum absolute atomic E-state index is 0.00189. The summed E-state index contributed by atoms with van der Waals surface area (Å²) in [6.07, 6.45) is 4.30. The number of carbonyl (C=O) groups is 2. The number of aromatic nitrogens is 4. The van der Waals surface area contributed by atoms with Gasteiger partial charge in [0, 0.05) is 25.5 Å². The zero-order valence-corrected chi connectivity index (χ0v) is 17.2. The van der Waals surface area contributed by atoms with Gasteiger partial charge in [-0.3, -0.25) is 19.5 Å². The van der Waals surface area contributed by atoms with E-state index in [1.807, 2.05) is 6.92 Å². The molecular weight excluding hydrogens is 422 g/mol. The number of fused-ring (bicyclic) bond motifs is 1. The molecule has 1 atom stereocenters. The summed E-state index contributed by atoms with van der Waals surface area (Å²) in [5.41, 5.74) is 0.799. The molecule has 0 saturated carbocycles. The van der Waals surface area contributed by atoms with Crippen LogP contribution in [0.2, 0.25) is 0 Å². The van der Waals surface area contributed by atoms with Crippen LogP contribution in [0.25, 0.3) is 11.4 Å². The number of amides is 2. The molecule has 1 N–H and O–H groups in total. The number of halogens is 2. The Hall–Kier alpha value is -4.02. The second-order valence-corrected chi connectivity index (χ2v) is 6.96. The van der Waals surface area contributed by atoms with Crippen LogP contribution in [-0.4, -0.2) is 51.4 Å². The molecule has 0 fully saturated rings. The molecule has 0 unspecified atom stereocenters. The largest absolute Gasteiger partial charge is 0.487 e. The SMILES string of the molecule is CCc1cnc(C(=O)N[C@H]2COc3cc(F)cnc3N(C)C2=O)nc1-c1ncccc1F. The number of pyridine rings is 2. The molecule has 164 valence electrons. The zero-order chi connectivity index (χ0) is 22.8. The number of nitrogens with one attached hydrogen (secondary N) is 1. The number of rotatable bonds is 4. The summed E-state index contributed by atoms with van der Waals surface area (Å²) in [4.78, 5) is 42.9. The first-order valence-electron chi connectivity index (χ1n) is 9.72. The topological polar surface area (TPSA) is 110 Å². The van der Waals surface area contributed by atoms with Crippen LogP contribution in [0.15, 0.2) is 36.8 Å². The maximum absolute atomic E-state index is 14.3. The molecule has 0 saturated heterocycles. The Balaban J connectivity index is 1.60. The van der Waals surface area contributed by atoms with Crippen LogP contribution in [0.1, 0.15) is 23.1 Å². The zero-order valence-electron chi connectivity index (χ0n) is 17.2. The molecule has 4 heterocycles. The summed E-state index contributed by atoms with van der Waals surface area (Å²) < 4.78 is 33.2. The lowest BCUT2D eigenvalue weighted by molar-refractivity contribution is -0.120. The van der Waals surface area contributed by atoms with E-state index in [0.29, 0.717) is 12.0 Å². The Morgan fingerprint density at radius 2 is 2.06 bits per heavy atom. The maximum Gasteiger partial charge on any atom is 0.289 e. The van der Waals surface area contributed by atoms with E-state index >= 15 is 0 Å². The molecule has 9 nitrogen and oxygen atoms in total. The Bertz CT molecular complexity index is 1210. The van der Waals surface area contributed by atoms with E-state index in [0.717, 1.165) is 12.3 Å². The standard InChI is InChI=1S/C21H18F2N6O3/c1-3-11-8-25-18(28-16(11)17-13(23)5-4-6-24-17)20(30)27-14-10-32-15-7-12(22)9-26-19(15)29(2)21(14)31/h4-9,14H,3,10H2,1-2H3,(H,27,30)/t14-/m0/s1. The van der Waals surface area contributed by atoms with Gasteiger partial charge in [-0.2, -0.15) is 0 Å². The Morgan fingerprint density at radius 3 is 2.81 bits per heavy atom. The summed E-state index contributed by atoms with van der Waals surface area (Å²) in [6.45, 7) is 1.59. The quantitative estimate of drug-likeness (QED) is 0.660. The third-order valence-corrected chi connectivity index (χ3v) is 4.89. The van der Waals surface area contributed by atoms with Crippen LogP contribution in [0.3, 0.4) is 0 Å². The molecule has 3 aromatic heterocycles. The van der Waals surface area contributed by atoms with E-state index in [-0.39, 0.29) is 35.4 Å². The molecule has 0 radical (unpaired) electrons. The highest BCUT2D eigenvalue weighted by atomic mass is 19.1. The monoisotopic (exact) mass is 440 g/mol. The lowest BCUT2D eigenvalue weighted by Crippen LogP contribution is -2.49. The molecule has 11 heteroatoms. The second-order valence-electron chi connectivity index (χ2n) is 6.96. The summed E-state index contributed by atoms with van der Waals surface area (Å²) in [5, 5.41) is 2.52. The van der Waals surface area contributed by atoms with Crippen molar-refractivity contribution in [2.45, 2.75) is 19.4 Å². The molecule has 0 aromatic carbocycles. The van der Waals surface area contributed by atoms with E-state index in [4.69, 9.17) is 4.74 Å². The van der Waals surface area contributed by atoms with Crippen molar-refractivity contribution >= 4 is 17.6 Å². The molecule has 0 aliphatic carbocycles. The van der Waals surface area contributed by atoms with Crippen LogP contribution in [0, 0.1) is 11.6 Å². The Morgan fingerprint density at radius 1 is 1.25 bits per heavy atom. The van der Waals surface area contributed by atoms with Gasteiger partial charge in [-0.15, -0.1) is 0 Å². The number of likely N-dealkylation sites (N-methyl/N-ethyl adjacent to an activating group) is 1. The summed E-state index contributed by atoms with van der Waals surface area (Å²) in [6, 6.07) is 2.70. The van der Waals surface area contributed by atoms with Crippen LogP contribution in [0.5, 0.6) is 5.75 Å². The number of aryl methyl sites for hydroxylation is 1. The number of hydrogen-bond donors (Lipinski definition) is 1. The van der Waals surface area contributed by atoms with Gasteiger partial charge in [-0.1, -0.05) is 6.92 Å². The van der Waals surface area contributed by atoms with Gasteiger partial charge in [0.05, 0.1) is 11.9 Å². The third kappa shape index (κ3) is 3.96. The lowest BCUT2D eigenvalue weighted by atomic mass is 10.1. The van der Waals surface area contributed by atoms with Crippen LogP contribution >= 0.6 is 0 Å². The number of carbonyl (C=O) groups excluding carboxylic acids is 2. The van der Waals surface area contributed by atoms with E-state index in [9.17, 15) is 18.4 Å². The van der Waals surface area contributed by atoms with Gasteiger partial charge < -0.3 is 10.1 Å². The lowest BCUT2D eigenvalue weighted by Gasteiger charge is -2.19. The highest BCUT2D eigenvalue weighted by Gasteiger charge is 2.32. The number of nitrogens with zero attached hydrogens (tertiary/aromatic N) is 5. The first kappa shape index (κ1) is 21.2. The molecule has 32 heavy (non-hydrogen) atoms. The van der Waals surface area contributed by atoms with Crippen molar-refractivity contribution in [1.82, 2.24) is 25.3 Å². The summed E-state index contributed by atoms with van der Waals surface area (Å²) in [7, 11) is 1.44. The fourth-order valence-corrected chi connectivity index (χ4v) is 3.22. The minimum Gasteiger partial charge on any atom is -0.487 e. The van der Waals surface area contributed by atoms with E-state index in [2.05, 4.69) is 25.3 Å². The second kappa shape index (κ2) is 8.61. The molecule has 2 amide bonds. The van der Waals surface area contributed by atoms with Crippen molar-refractivity contribution in [1.29, 1.82) is 0 Å². The van der Waals surface area contributed by atoms with Crippen molar-refractivity contribution < 1.29 is 23.1 Å². The molecule has 3 aromatic rings. The average Bonchev–Trinajstić information content (AvgIpc) is 2.90. The maximum atomic E-state index is 14.3. The predicted molar refractivity (Wildman–Crippen MR) is 109 cm³/mol. The predicted octanol–water partition coefficient (Wildman–Crippen LogP) is 1.93. The molecule has 4 rings (SSSR count). The van der Waals surface area contributed by atoms with Crippen molar-refractivity contribution in [2.75, 3.05) is 18.6 Å². The molecular formula is C21H18F2N6O3. The molecule has 0 bridgehead atoms. The number of hydrogen-bond acceptors (Lipinski definition) is 7. The fraction of sp³-hybridized carbons (Fsp3) is 0.238. The normalized spacial score (nSPS) is 15.6. The summed E-state index contributed by atoms with van der Waals surface area (Å²) >= 11 is 0. The van der Waals surface area contributed by atoms with Crippen molar-refractivity contribution in [2.24, 2.45) is 0 Å². The van der Waals surface area contributed by atoms with Crippen LogP contribution in [0.4, 0.5) is 14.6 Å². The van der Waals surface area contributed by atoms with E-state index < -0.39 is 29.5 Å². The molecule has 1 aliphatic heterocycles. The molecule has 1 aliphatic rings. The van der Waals surface area contributed by atoms with Crippen molar-refractivity contribution in [3.8, 4) is 17.1 Å². The van der Waals surface area contributed by atoms with E-state index in [1.54, 1.807) is 0 Å². The van der Waals surface area contributed by atoms with Crippen molar-refractivity contribution in [3.63, 3.8) is 0 Å². The highest BCUT2D eigenvalue weighted by Crippen LogP contribution is 2.28. The van der Waals surface area contributed by atoms with Gasteiger partial charge in [-0.05, 0) is 24.1 Å². The first-order valence-corrected chi connectivity index (χ1v) is 9.72. The smallest absolute Gasteiger partial charge is 0.289 e. The average molecular weight is 440 g/mol. The van der Waals surface area contributed by atoms with Gasteiger partial charge in [0.2, 0.25) is 5.82 Å². The Kier molecular flexibility index (Phi) is 5.71. The van der Waals surface area contributed by atoms with Crippen LogP contribution < -0.4 is 15.0 Å². The number of anilines is 1.